The first kappa shape index (κ1) is 16.1. The Morgan fingerprint density at radius 3 is 2.40 bits per heavy atom. The standard InChI is InChI=1S/C13H19NO6/c1-5-13(2,3)12(18)19-7-10(16)20-8-6-9(15)14(4)11(8)17/h8H,5-7H2,1-4H3. The highest BCUT2D eigenvalue weighted by Crippen LogP contribution is 2.21. The lowest BCUT2D eigenvalue weighted by Gasteiger charge is -2.20. The SMILES string of the molecule is CCC(C)(C)C(=O)OCC(=O)OC1CC(=O)N(C)C1=O. The lowest BCUT2D eigenvalue weighted by Crippen LogP contribution is -2.33. The van der Waals surface area contributed by atoms with Crippen molar-refractivity contribution in [1.29, 1.82) is 0 Å². The van der Waals surface area contributed by atoms with Crippen LogP contribution in [0.15, 0.2) is 0 Å². The van der Waals surface area contributed by atoms with Crippen molar-refractivity contribution in [3.8, 4) is 0 Å². The van der Waals surface area contributed by atoms with Crippen molar-refractivity contribution >= 4 is 23.8 Å². The third-order valence-corrected chi connectivity index (χ3v) is 3.37. The molecule has 0 aromatic rings. The molecule has 1 heterocycles. The number of likely N-dealkylation sites (tertiary alicyclic amines) is 1. The number of likely N-dealkylation sites (N-methyl/N-ethyl adjacent to an activating group) is 1. The van der Waals surface area contributed by atoms with Gasteiger partial charge in [-0.2, -0.15) is 0 Å². The Hall–Kier alpha value is -1.92. The molecular weight excluding hydrogens is 266 g/mol. The summed E-state index contributed by atoms with van der Waals surface area (Å²) in [6.07, 6.45) is -0.714. The van der Waals surface area contributed by atoms with Crippen molar-refractivity contribution in [2.24, 2.45) is 5.41 Å². The number of imide groups is 1. The van der Waals surface area contributed by atoms with Crippen molar-refractivity contribution in [3.05, 3.63) is 0 Å². The molecule has 1 atom stereocenters. The normalized spacial score (nSPS) is 19.2. The summed E-state index contributed by atoms with van der Waals surface area (Å²) >= 11 is 0. The van der Waals surface area contributed by atoms with E-state index in [9.17, 15) is 19.2 Å². The number of rotatable bonds is 5. The minimum Gasteiger partial charge on any atom is -0.453 e. The predicted molar refractivity (Wildman–Crippen MR) is 67.3 cm³/mol. The molecule has 0 aromatic heterocycles. The highest BCUT2D eigenvalue weighted by Gasteiger charge is 2.39. The van der Waals surface area contributed by atoms with Crippen LogP contribution in [0.3, 0.4) is 0 Å². The molecule has 1 aliphatic rings. The number of ether oxygens (including phenoxy) is 2. The summed E-state index contributed by atoms with van der Waals surface area (Å²) in [5, 5.41) is 0. The highest BCUT2D eigenvalue weighted by molar-refractivity contribution is 6.05. The first-order valence-corrected chi connectivity index (χ1v) is 6.36. The zero-order valence-corrected chi connectivity index (χ0v) is 12.1. The van der Waals surface area contributed by atoms with E-state index in [1.165, 1.54) is 7.05 Å². The number of esters is 2. The van der Waals surface area contributed by atoms with Gasteiger partial charge in [-0.05, 0) is 20.3 Å². The zero-order valence-electron chi connectivity index (χ0n) is 12.1. The minimum atomic E-state index is -1.11. The van der Waals surface area contributed by atoms with E-state index in [4.69, 9.17) is 9.47 Å². The molecule has 1 rings (SSSR count). The van der Waals surface area contributed by atoms with E-state index in [1.54, 1.807) is 13.8 Å². The minimum absolute atomic E-state index is 0.171. The average Bonchev–Trinajstić information content (AvgIpc) is 2.63. The van der Waals surface area contributed by atoms with Gasteiger partial charge in [-0.15, -0.1) is 0 Å². The molecule has 112 valence electrons. The molecule has 1 aliphatic heterocycles. The molecule has 7 nitrogen and oxygen atoms in total. The number of carbonyl (C=O) groups is 4. The first-order chi connectivity index (χ1) is 9.19. The number of amides is 2. The van der Waals surface area contributed by atoms with Gasteiger partial charge in [0.1, 0.15) is 0 Å². The molecule has 1 fully saturated rings. The van der Waals surface area contributed by atoms with E-state index in [0.717, 1.165) is 4.90 Å². The van der Waals surface area contributed by atoms with E-state index in [1.807, 2.05) is 6.92 Å². The molecule has 20 heavy (non-hydrogen) atoms. The Morgan fingerprint density at radius 2 is 1.95 bits per heavy atom. The average molecular weight is 285 g/mol. The van der Waals surface area contributed by atoms with Gasteiger partial charge >= 0.3 is 11.9 Å². The summed E-state index contributed by atoms with van der Waals surface area (Å²) in [5.74, 6) is -2.32. The molecule has 0 spiro atoms. The molecule has 7 heteroatoms. The van der Waals surface area contributed by atoms with Crippen LogP contribution < -0.4 is 0 Å². The maximum atomic E-state index is 11.6. The molecule has 0 N–H and O–H groups in total. The van der Waals surface area contributed by atoms with Crippen LogP contribution in [0.2, 0.25) is 0 Å². The lowest BCUT2D eigenvalue weighted by molar-refractivity contribution is -0.168. The first-order valence-electron chi connectivity index (χ1n) is 6.36. The predicted octanol–water partition coefficient (Wildman–Crippen LogP) is 0.266. The Balaban J connectivity index is 2.44. The Morgan fingerprint density at radius 1 is 1.35 bits per heavy atom. The van der Waals surface area contributed by atoms with Gasteiger partial charge in [-0.25, -0.2) is 4.79 Å². The van der Waals surface area contributed by atoms with E-state index in [2.05, 4.69) is 0 Å². The molecule has 0 radical (unpaired) electrons. The third kappa shape index (κ3) is 3.55. The molecule has 1 unspecified atom stereocenters. The summed E-state index contributed by atoms with van der Waals surface area (Å²) in [6, 6.07) is 0. The smallest absolute Gasteiger partial charge is 0.345 e. The molecular formula is C13H19NO6. The van der Waals surface area contributed by atoms with Crippen LogP contribution in [-0.4, -0.2) is 48.4 Å². The second kappa shape index (κ2) is 6.02. The van der Waals surface area contributed by atoms with Gasteiger partial charge in [0.05, 0.1) is 11.8 Å². The third-order valence-electron chi connectivity index (χ3n) is 3.37. The Bertz CT molecular complexity index is 442. The van der Waals surface area contributed by atoms with Crippen molar-refractivity contribution in [2.45, 2.75) is 39.7 Å². The van der Waals surface area contributed by atoms with Crippen LogP contribution in [0.1, 0.15) is 33.6 Å². The number of hydrogen-bond acceptors (Lipinski definition) is 6. The van der Waals surface area contributed by atoms with Crippen molar-refractivity contribution in [2.75, 3.05) is 13.7 Å². The highest BCUT2D eigenvalue weighted by atomic mass is 16.6. The van der Waals surface area contributed by atoms with Gasteiger partial charge in [0.2, 0.25) is 5.91 Å². The number of carbonyl (C=O) groups excluding carboxylic acids is 4. The molecule has 1 saturated heterocycles. The van der Waals surface area contributed by atoms with Gasteiger partial charge in [0.15, 0.2) is 12.7 Å². The molecule has 0 aliphatic carbocycles. The largest absolute Gasteiger partial charge is 0.453 e. The Labute approximate surface area is 117 Å². The van der Waals surface area contributed by atoms with Gasteiger partial charge in [0.25, 0.3) is 5.91 Å². The zero-order chi connectivity index (χ0) is 15.5. The maximum Gasteiger partial charge on any atom is 0.345 e. The second-order valence-electron chi connectivity index (χ2n) is 5.29. The molecule has 0 bridgehead atoms. The molecule has 0 aromatic carbocycles. The summed E-state index contributed by atoms with van der Waals surface area (Å²) < 4.78 is 9.67. The van der Waals surface area contributed by atoms with Gasteiger partial charge in [0, 0.05) is 7.05 Å². The monoisotopic (exact) mass is 285 g/mol. The Kier molecular flexibility index (Phi) is 4.86. The van der Waals surface area contributed by atoms with E-state index >= 15 is 0 Å². The number of nitrogens with zero attached hydrogens (tertiary/aromatic N) is 1. The van der Waals surface area contributed by atoms with Gasteiger partial charge in [-0.3, -0.25) is 19.3 Å². The summed E-state index contributed by atoms with van der Waals surface area (Å²) in [5.41, 5.74) is -0.681. The molecule has 2 amide bonds. The van der Waals surface area contributed by atoms with Gasteiger partial charge < -0.3 is 9.47 Å². The lowest BCUT2D eigenvalue weighted by atomic mass is 9.91. The van der Waals surface area contributed by atoms with Crippen LogP contribution in [-0.2, 0) is 28.7 Å². The van der Waals surface area contributed by atoms with Gasteiger partial charge in [-0.1, -0.05) is 6.92 Å². The summed E-state index contributed by atoms with van der Waals surface area (Å²) in [6.45, 7) is 4.67. The van der Waals surface area contributed by atoms with E-state index in [-0.39, 0.29) is 6.42 Å². The quantitative estimate of drug-likeness (QED) is 0.532. The van der Waals surface area contributed by atoms with E-state index < -0.39 is 41.9 Å². The maximum absolute atomic E-state index is 11.6. The van der Waals surface area contributed by atoms with Crippen LogP contribution in [0.4, 0.5) is 0 Å². The summed E-state index contributed by atoms with van der Waals surface area (Å²) in [7, 11) is 1.32. The van der Waals surface area contributed by atoms with Crippen LogP contribution in [0, 0.1) is 5.41 Å². The van der Waals surface area contributed by atoms with Crippen LogP contribution in [0.5, 0.6) is 0 Å². The second-order valence-corrected chi connectivity index (χ2v) is 5.29. The summed E-state index contributed by atoms with van der Waals surface area (Å²) in [4.78, 5) is 46.8. The fraction of sp³-hybridized carbons (Fsp3) is 0.692. The van der Waals surface area contributed by atoms with Crippen LogP contribution in [0.25, 0.3) is 0 Å². The topological polar surface area (TPSA) is 90.0 Å². The van der Waals surface area contributed by atoms with Crippen molar-refractivity contribution in [1.82, 2.24) is 4.90 Å². The fourth-order valence-electron chi connectivity index (χ4n) is 1.47. The van der Waals surface area contributed by atoms with Crippen molar-refractivity contribution in [3.63, 3.8) is 0 Å². The van der Waals surface area contributed by atoms with E-state index in [0.29, 0.717) is 6.42 Å². The number of hydrogen-bond donors (Lipinski definition) is 0. The van der Waals surface area contributed by atoms with Crippen LogP contribution >= 0.6 is 0 Å². The fourth-order valence-corrected chi connectivity index (χ4v) is 1.47. The van der Waals surface area contributed by atoms with Crippen molar-refractivity contribution < 1.29 is 28.7 Å². The molecule has 0 saturated carbocycles.